The van der Waals surface area contributed by atoms with Crippen molar-refractivity contribution < 1.29 is 20.1 Å². The molecule has 0 aromatic heterocycles. The molecule has 0 saturated carbocycles. The highest BCUT2D eigenvalue weighted by atomic mass is 16.3. The van der Waals surface area contributed by atoms with Crippen LogP contribution in [0, 0.1) is 0 Å². The van der Waals surface area contributed by atoms with Crippen LogP contribution in [-0.2, 0) is 4.79 Å². The summed E-state index contributed by atoms with van der Waals surface area (Å²) in [7, 11) is 0. The van der Waals surface area contributed by atoms with Gasteiger partial charge in [-0.05, 0) is 70.6 Å². The molecule has 0 fully saturated rings. The molecule has 0 heterocycles. The highest BCUT2D eigenvalue weighted by molar-refractivity contribution is 5.76. The van der Waals surface area contributed by atoms with E-state index in [1.807, 2.05) is 6.08 Å². The SMILES string of the molecule is CCCCCCCCCC/C=C/CC/C=C/CC/C=C/C(O)C(CO)NC(=O)CC(O)CCCCCCC/C=C\CCCCCCCCCCC. The molecular weight excluding hydrogens is 631 g/mol. The zero-order chi connectivity index (χ0) is 37.3. The monoisotopic (exact) mass is 716 g/mol. The highest BCUT2D eigenvalue weighted by Gasteiger charge is 2.20. The summed E-state index contributed by atoms with van der Waals surface area (Å²) in [5, 5.41) is 33.2. The van der Waals surface area contributed by atoms with Crippen molar-refractivity contribution in [1.82, 2.24) is 5.32 Å². The number of aliphatic hydroxyl groups excluding tert-OH is 3. The second kappa shape index (κ2) is 41.1. The maximum absolute atomic E-state index is 12.4. The molecule has 4 N–H and O–H groups in total. The van der Waals surface area contributed by atoms with Gasteiger partial charge in [-0.15, -0.1) is 0 Å². The number of carbonyl (C=O) groups is 1. The van der Waals surface area contributed by atoms with Crippen molar-refractivity contribution in [3.8, 4) is 0 Å². The number of nitrogens with one attached hydrogen (secondary N) is 1. The minimum Gasteiger partial charge on any atom is -0.394 e. The average molecular weight is 716 g/mol. The van der Waals surface area contributed by atoms with Gasteiger partial charge in [-0.25, -0.2) is 0 Å². The van der Waals surface area contributed by atoms with Crippen molar-refractivity contribution in [3.05, 3.63) is 48.6 Å². The Bertz CT molecular complexity index is 835. The first-order valence-electron chi connectivity index (χ1n) is 21.9. The van der Waals surface area contributed by atoms with Gasteiger partial charge in [0.1, 0.15) is 0 Å². The van der Waals surface area contributed by atoms with Crippen LogP contribution < -0.4 is 5.32 Å². The summed E-state index contributed by atoms with van der Waals surface area (Å²) in [5.74, 6) is -0.335. The fraction of sp³-hybridized carbons (Fsp3) is 0.804. The van der Waals surface area contributed by atoms with Crippen LogP contribution in [0.25, 0.3) is 0 Å². The first-order chi connectivity index (χ1) is 25.0. The normalized spacial score (nSPS) is 14.1. The van der Waals surface area contributed by atoms with Crippen LogP contribution in [0.15, 0.2) is 48.6 Å². The fourth-order valence-electron chi connectivity index (χ4n) is 6.42. The van der Waals surface area contributed by atoms with E-state index in [0.29, 0.717) is 6.42 Å². The zero-order valence-corrected chi connectivity index (χ0v) is 33.7. The van der Waals surface area contributed by atoms with Crippen LogP contribution in [-0.4, -0.2) is 46.1 Å². The average Bonchev–Trinajstić information content (AvgIpc) is 3.12. The van der Waals surface area contributed by atoms with Gasteiger partial charge in [-0.2, -0.15) is 0 Å². The minimum atomic E-state index is -0.962. The van der Waals surface area contributed by atoms with Crippen LogP contribution in [0.4, 0.5) is 0 Å². The maximum atomic E-state index is 12.4. The summed E-state index contributed by atoms with van der Waals surface area (Å²) < 4.78 is 0. The largest absolute Gasteiger partial charge is 0.394 e. The summed E-state index contributed by atoms with van der Waals surface area (Å²) in [6.07, 6.45) is 52.5. The molecule has 0 aliphatic heterocycles. The molecule has 51 heavy (non-hydrogen) atoms. The number of hydrogen-bond acceptors (Lipinski definition) is 4. The van der Waals surface area contributed by atoms with Gasteiger partial charge in [0.2, 0.25) is 5.91 Å². The Labute approximate surface area is 316 Å². The van der Waals surface area contributed by atoms with Crippen molar-refractivity contribution in [1.29, 1.82) is 0 Å². The lowest BCUT2D eigenvalue weighted by molar-refractivity contribution is -0.124. The quantitative estimate of drug-likeness (QED) is 0.0377. The van der Waals surface area contributed by atoms with Crippen molar-refractivity contribution >= 4 is 5.91 Å². The topological polar surface area (TPSA) is 89.8 Å². The Morgan fingerprint density at radius 2 is 0.843 bits per heavy atom. The van der Waals surface area contributed by atoms with E-state index in [4.69, 9.17) is 0 Å². The standard InChI is InChI=1S/C46H85NO4/c1-3-5-7-9-11-13-15-17-19-21-23-25-27-29-31-33-35-37-39-43(49)41-46(51)47-44(42-48)45(50)40-38-36-34-32-30-28-26-24-22-20-18-16-14-12-10-8-6-4-2/h22-25,30,32,38,40,43-45,48-50H,3-21,26-29,31,33-37,39,41-42H2,1-2H3,(H,47,51)/b24-22+,25-23-,32-30+,40-38+. The van der Waals surface area contributed by atoms with Crippen LogP contribution in [0.5, 0.6) is 0 Å². The number of hydrogen-bond donors (Lipinski definition) is 4. The van der Waals surface area contributed by atoms with Gasteiger partial charge in [0, 0.05) is 0 Å². The molecule has 5 heteroatoms. The summed E-state index contributed by atoms with van der Waals surface area (Å²) >= 11 is 0. The number of allylic oxidation sites excluding steroid dienone is 7. The smallest absolute Gasteiger partial charge is 0.222 e. The molecule has 0 rings (SSSR count). The van der Waals surface area contributed by atoms with Crippen molar-refractivity contribution in [2.24, 2.45) is 0 Å². The van der Waals surface area contributed by atoms with Crippen molar-refractivity contribution in [2.45, 2.75) is 231 Å². The van der Waals surface area contributed by atoms with Crippen LogP contribution in [0.3, 0.4) is 0 Å². The Balaban J connectivity index is 3.76. The summed E-state index contributed by atoms with van der Waals surface area (Å²) in [6, 6.07) is -0.770. The van der Waals surface area contributed by atoms with Gasteiger partial charge >= 0.3 is 0 Å². The third-order valence-electron chi connectivity index (χ3n) is 9.82. The number of carbonyl (C=O) groups excluding carboxylic acids is 1. The van der Waals surface area contributed by atoms with E-state index in [1.165, 1.54) is 135 Å². The van der Waals surface area contributed by atoms with Gasteiger partial charge in [0.05, 0.1) is 31.3 Å². The minimum absolute atomic E-state index is 0.00410. The van der Waals surface area contributed by atoms with Crippen LogP contribution in [0.1, 0.15) is 213 Å². The summed E-state index contributed by atoms with van der Waals surface area (Å²) in [6.45, 7) is 4.19. The molecule has 0 radical (unpaired) electrons. The first-order valence-corrected chi connectivity index (χ1v) is 21.9. The van der Waals surface area contributed by atoms with Gasteiger partial charge in [0.25, 0.3) is 0 Å². The van der Waals surface area contributed by atoms with Gasteiger partial charge in [0.15, 0.2) is 0 Å². The summed E-state index contributed by atoms with van der Waals surface area (Å²) in [4.78, 5) is 12.4. The number of amides is 1. The van der Waals surface area contributed by atoms with E-state index >= 15 is 0 Å². The molecular formula is C46H85NO4. The lowest BCUT2D eigenvalue weighted by atomic mass is 10.0. The number of unbranched alkanes of at least 4 members (excludes halogenated alkanes) is 24. The second-order valence-corrected chi connectivity index (χ2v) is 14.9. The van der Waals surface area contributed by atoms with Gasteiger partial charge in [-0.1, -0.05) is 184 Å². The molecule has 0 aliphatic rings. The van der Waals surface area contributed by atoms with Gasteiger partial charge in [-0.3, -0.25) is 4.79 Å². The van der Waals surface area contributed by atoms with E-state index in [1.54, 1.807) is 6.08 Å². The zero-order valence-electron chi connectivity index (χ0n) is 33.7. The Morgan fingerprint density at radius 3 is 1.25 bits per heavy atom. The molecule has 0 saturated heterocycles. The van der Waals surface area contributed by atoms with E-state index < -0.39 is 18.2 Å². The Hall–Kier alpha value is -1.69. The Kier molecular flexibility index (Phi) is 39.7. The molecule has 0 aliphatic carbocycles. The third-order valence-corrected chi connectivity index (χ3v) is 9.82. The van der Waals surface area contributed by atoms with E-state index in [9.17, 15) is 20.1 Å². The van der Waals surface area contributed by atoms with Crippen LogP contribution >= 0.6 is 0 Å². The maximum Gasteiger partial charge on any atom is 0.222 e. The van der Waals surface area contributed by atoms with Crippen molar-refractivity contribution in [3.63, 3.8) is 0 Å². The van der Waals surface area contributed by atoms with Gasteiger partial charge < -0.3 is 20.6 Å². The second-order valence-electron chi connectivity index (χ2n) is 14.9. The lowest BCUT2D eigenvalue weighted by Gasteiger charge is -2.20. The van der Waals surface area contributed by atoms with Crippen LogP contribution in [0.2, 0.25) is 0 Å². The molecule has 298 valence electrons. The summed E-state index contributed by atoms with van der Waals surface area (Å²) in [5.41, 5.74) is 0. The predicted octanol–water partition coefficient (Wildman–Crippen LogP) is 12.5. The molecule has 1 amide bonds. The molecule has 0 aromatic rings. The molecule has 0 aromatic carbocycles. The molecule has 3 unspecified atom stereocenters. The Morgan fingerprint density at radius 1 is 0.490 bits per heavy atom. The molecule has 0 bridgehead atoms. The highest BCUT2D eigenvalue weighted by Crippen LogP contribution is 2.14. The first kappa shape index (κ1) is 49.3. The predicted molar refractivity (Wildman–Crippen MR) is 222 cm³/mol. The number of aliphatic hydroxyl groups is 3. The van der Waals surface area contributed by atoms with E-state index in [2.05, 4.69) is 55.6 Å². The van der Waals surface area contributed by atoms with Crippen molar-refractivity contribution in [2.75, 3.05) is 6.61 Å². The molecule has 5 nitrogen and oxygen atoms in total. The molecule has 3 atom stereocenters. The number of rotatable bonds is 39. The molecule has 0 spiro atoms. The third kappa shape index (κ3) is 37.9. The van der Waals surface area contributed by atoms with E-state index in [-0.39, 0.29) is 18.9 Å². The fourth-order valence-corrected chi connectivity index (χ4v) is 6.42. The lowest BCUT2D eigenvalue weighted by Crippen LogP contribution is -2.45. The van der Waals surface area contributed by atoms with E-state index in [0.717, 1.165) is 51.4 Å².